The van der Waals surface area contributed by atoms with Crippen LogP contribution in [0.1, 0.15) is 36.1 Å². The molecule has 0 aliphatic heterocycles. The summed E-state index contributed by atoms with van der Waals surface area (Å²) in [4.78, 5) is 18.5. The van der Waals surface area contributed by atoms with Crippen LogP contribution in [0.3, 0.4) is 0 Å². The number of nitrogens with one attached hydrogen (secondary N) is 2. The van der Waals surface area contributed by atoms with Crippen LogP contribution in [-0.4, -0.2) is 38.8 Å². The maximum Gasteiger partial charge on any atom is 0.315 e. The summed E-state index contributed by atoms with van der Waals surface area (Å²) in [6.45, 7) is 9.03. The van der Waals surface area contributed by atoms with Gasteiger partial charge in [-0.25, -0.2) is 14.5 Å². The number of carbonyl (C=O) groups excluding carboxylic acids is 1. The van der Waals surface area contributed by atoms with Crippen LogP contribution in [0.25, 0.3) is 0 Å². The molecule has 0 spiro atoms. The van der Waals surface area contributed by atoms with Gasteiger partial charge in [-0.2, -0.15) is 5.10 Å². The van der Waals surface area contributed by atoms with Gasteiger partial charge in [-0.1, -0.05) is 62.4 Å². The van der Waals surface area contributed by atoms with Crippen molar-refractivity contribution in [2.45, 2.75) is 40.0 Å². The van der Waals surface area contributed by atoms with Crippen LogP contribution < -0.4 is 10.6 Å². The van der Waals surface area contributed by atoms with Gasteiger partial charge in [0.15, 0.2) is 0 Å². The molecule has 30 heavy (non-hydrogen) atoms. The molecule has 0 saturated carbocycles. The van der Waals surface area contributed by atoms with Crippen LogP contribution in [0.2, 0.25) is 0 Å². The van der Waals surface area contributed by atoms with E-state index in [4.69, 9.17) is 0 Å². The number of amides is 2. The number of benzene rings is 2. The number of nitrogens with zero attached hydrogens (tertiary/aromatic N) is 4. The van der Waals surface area contributed by atoms with E-state index in [1.807, 2.05) is 18.2 Å². The third-order valence-electron chi connectivity index (χ3n) is 5.03. The Kier molecular flexibility index (Phi) is 7.97. The standard InChI is InChI=1S/C23H30N6O/c1-3-28(4-2)15-20-10-8-19(9-11-20)13-25-23(30)26-14-21-6-5-7-22(12-21)16-29-18-24-17-27-29/h5-12,17-18H,3-4,13-16H2,1-2H3,(H2,25,26,30). The zero-order valence-electron chi connectivity index (χ0n) is 17.7. The van der Waals surface area contributed by atoms with Gasteiger partial charge in [0.25, 0.3) is 0 Å². The number of rotatable bonds is 10. The molecule has 0 atom stereocenters. The largest absolute Gasteiger partial charge is 0.334 e. The average molecular weight is 407 g/mol. The first-order chi connectivity index (χ1) is 14.7. The highest BCUT2D eigenvalue weighted by atomic mass is 16.2. The van der Waals surface area contributed by atoms with E-state index in [1.54, 1.807) is 11.0 Å². The van der Waals surface area contributed by atoms with Gasteiger partial charge in [-0.3, -0.25) is 4.90 Å². The molecule has 0 radical (unpaired) electrons. The maximum atomic E-state index is 12.2. The topological polar surface area (TPSA) is 75.1 Å². The predicted molar refractivity (Wildman–Crippen MR) is 118 cm³/mol. The third kappa shape index (κ3) is 6.70. The van der Waals surface area contributed by atoms with Crippen molar-refractivity contribution in [3.8, 4) is 0 Å². The monoisotopic (exact) mass is 406 g/mol. The molecule has 2 N–H and O–H groups in total. The molecule has 1 aromatic heterocycles. The maximum absolute atomic E-state index is 12.2. The zero-order chi connectivity index (χ0) is 21.2. The minimum Gasteiger partial charge on any atom is -0.334 e. The summed E-state index contributed by atoms with van der Waals surface area (Å²) >= 11 is 0. The molecule has 1 heterocycles. The van der Waals surface area contributed by atoms with Gasteiger partial charge in [0, 0.05) is 19.6 Å². The van der Waals surface area contributed by atoms with Crippen LogP contribution in [-0.2, 0) is 26.2 Å². The van der Waals surface area contributed by atoms with Gasteiger partial charge >= 0.3 is 6.03 Å². The minimum atomic E-state index is -0.177. The van der Waals surface area contributed by atoms with Crippen molar-refractivity contribution in [2.75, 3.05) is 13.1 Å². The van der Waals surface area contributed by atoms with Crippen molar-refractivity contribution in [1.29, 1.82) is 0 Å². The van der Waals surface area contributed by atoms with E-state index in [2.05, 4.69) is 69.8 Å². The molecule has 7 heteroatoms. The Labute approximate surface area is 178 Å². The third-order valence-corrected chi connectivity index (χ3v) is 5.03. The summed E-state index contributed by atoms with van der Waals surface area (Å²) < 4.78 is 1.77. The van der Waals surface area contributed by atoms with Gasteiger partial charge in [-0.15, -0.1) is 0 Å². The van der Waals surface area contributed by atoms with Crippen LogP contribution in [0.5, 0.6) is 0 Å². The molecular weight excluding hydrogens is 376 g/mol. The Balaban J connectivity index is 1.43. The Bertz CT molecular complexity index is 904. The number of aromatic nitrogens is 3. The van der Waals surface area contributed by atoms with Crippen molar-refractivity contribution in [3.05, 3.63) is 83.4 Å². The highest BCUT2D eigenvalue weighted by molar-refractivity contribution is 5.73. The Morgan fingerprint density at radius 3 is 2.27 bits per heavy atom. The Hall–Kier alpha value is -3.19. The molecule has 3 rings (SSSR count). The van der Waals surface area contributed by atoms with Crippen molar-refractivity contribution in [2.24, 2.45) is 0 Å². The summed E-state index contributed by atoms with van der Waals surface area (Å²) in [7, 11) is 0. The molecule has 3 aromatic rings. The summed E-state index contributed by atoms with van der Waals surface area (Å²) in [5.74, 6) is 0. The second-order valence-electron chi connectivity index (χ2n) is 7.23. The number of urea groups is 1. The van der Waals surface area contributed by atoms with E-state index in [0.717, 1.165) is 36.3 Å². The molecule has 0 saturated heterocycles. The van der Waals surface area contributed by atoms with Crippen LogP contribution in [0.4, 0.5) is 4.79 Å². The molecule has 2 amide bonds. The lowest BCUT2D eigenvalue weighted by molar-refractivity contribution is 0.240. The molecule has 0 fully saturated rings. The lowest BCUT2D eigenvalue weighted by atomic mass is 10.1. The van der Waals surface area contributed by atoms with E-state index < -0.39 is 0 Å². The molecule has 0 bridgehead atoms. The predicted octanol–water partition coefficient (Wildman–Crippen LogP) is 3.17. The number of hydrogen-bond acceptors (Lipinski definition) is 4. The zero-order valence-corrected chi connectivity index (χ0v) is 17.7. The van der Waals surface area contributed by atoms with Crippen LogP contribution in [0.15, 0.2) is 61.2 Å². The highest BCUT2D eigenvalue weighted by Crippen LogP contribution is 2.08. The fourth-order valence-corrected chi connectivity index (χ4v) is 3.23. The van der Waals surface area contributed by atoms with Crippen LogP contribution in [0, 0.1) is 0 Å². The molecule has 0 unspecified atom stereocenters. The minimum absolute atomic E-state index is 0.177. The Morgan fingerprint density at radius 1 is 0.933 bits per heavy atom. The average Bonchev–Trinajstić information content (AvgIpc) is 3.28. The van der Waals surface area contributed by atoms with Crippen LogP contribution >= 0.6 is 0 Å². The first-order valence-electron chi connectivity index (χ1n) is 10.4. The van der Waals surface area contributed by atoms with E-state index in [0.29, 0.717) is 19.6 Å². The van der Waals surface area contributed by atoms with E-state index >= 15 is 0 Å². The molecule has 7 nitrogen and oxygen atoms in total. The van der Waals surface area contributed by atoms with Gasteiger partial charge in [-0.05, 0) is 35.3 Å². The number of carbonyl (C=O) groups is 1. The van der Waals surface area contributed by atoms with Gasteiger partial charge in [0.2, 0.25) is 0 Å². The molecule has 2 aromatic carbocycles. The van der Waals surface area contributed by atoms with Crippen molar-refractivity contribution in [3.63, 3.8) is 0 Å². The second-order valence-corrected chi connectivity index (χ2v) is 7.23. The Morgan fingerprint density at radius 2 is 1.60 bits per heavy atom. The van der Waals surface area contributed by atoms with Crippen molar-refractivity contribution in [1.82, 2.24) is 30.3 Å². The molecule has 0 aliphatic carbocycles. The fraction of sp³-hybridized carbons (Fsp3) is 0.348. The molecule has 0 aliphatic rings. The summed E-state index contributed by atoms with van der Waals surface area (Å²) in [5.41, 5.74) is 4.54. The summed E-state index contributed by atoms with van der Waals surface area (Å²) in [6, 6.07) is 16.3. The molecular formula is C23H30N6O. The first kappa shape index (κ1) is 21.5. The highest BCUT2D eigenvalue weighted by Gasteiger charge is 2.04. The van der Waals surface area contributed by atoms with Gasteiger partial charge in [0.1, 0.15) is 12.7 Å². The smallest absolute Gasteiger partial charge is 0.315 e. The quantitative estimate of drug-likeness (QED) is 0.542. The SMILES string of the molecule is CCN(CC)Cc1ccc(CNC(=O)NCc2cccc(Cn3cncn3)c2)cc1. The van der Waals surface area contributed by atoms with E-state index in [1.165, 1.54) is 11.9 Å². The fourth-order valence-electron chi connectivity index (χ4n) is 3.23. The summed E-state index contributed by atoms with van der Waals surface area (Å²) in [5, 5.41) is 9.96. The summed E-state index contributed by atoms with van der Waals surface area (Å²) in [6.07, 6.45) is 3.21. The van der Waals surface area contributed by atoms with Gasteiger partial charge < -0.3 is 10.6 Å². The number of hydrogen-bond donors (Lipinski definition) is 2. The van der Waals surface area contributed by atoms with E-state index in [9.17, 15) is 4.79 Å². The first-order valence-corrected chi connectivity index (χ1v) is 10.4. The normalized spacial score (nSPS) is 10.9. The van der Waals surface area contributed by atoms with Gasteiger partial charge in [0.05, 0.1) is 6.54 Å². The molecule has 158 valence electrons. The lowest BCUT2D eigenvalue weighted by Gasteiger charge is -2.18. The van der Waals surface area contributed by atoms with Crippen molar-refractivity contribution < 1.29 is 4.79 Å². The second kappa shape index (κ2) is 11.1. The van der Waals surface area contributed by atoms with E-state index in [-0.39, 0.29) is 6.03 Å². The van der Waals surface area contributed by atoms with Crippen molar-refractivity contribution >= 4 is 6.03 Å². The lowest BCUT2D eigenvalue weighted by Crippen LogP contribution is -2.34.